The van der Waals surface area contributed by atoms with Crippen molar-refractivity contribution in [2.45, 2.75) is 50.6 Å². The Morgan fingerprint density at radius 1 is 1.17 bits per heavy atom. The molecule has 24 heavy (non-hydrogen) atoms. The molecule has 1 aliphatic carbocycles. The van der Waals surface area contributed by atoms with Crippen LogP contribution in [-0.4, -0.2) is 34.3 Å². The molecule has 1 aromatic rings. The number of hydrogen-bond acceptors (Lipinski definition) is 3. The van der Waals surface area contributed by atoms with E-state index in [1.54, 1.807) is 0 Å². The van der Waals surface area contributed by atoms with Gasteiger partial charge < -0.3 is 20.8 Å². The number of rotatable bonds is 5. The standard InChI is InChI=1S/C16H20F2N2O4/c17-11-6-9(7-12(18)14(11)21)8-13(20-16(23)24)15(22)19-10-4-2-1-3-5-10/h6-7,10,13,20-21H,1-5,8H2,(H,19,22)(H,23,24)/t13-/m1/s1. The first-order chi connectivity index (χ1) is 11.4. The van der Waals surface area contributed by atoms with Crippen molar-refractivity contribution in [1.82, 2.24) is 10.6 Å². The first-order valence-corrected chi connectivity index (χ1v) is 7.83. The predicted octanol–water partition coefficient (Wildman–Crippen LogP) is 2.30. The molecule has 4 N–H and O–H groups in total. The Balaban J connectivity index is 2.09. The van der Waals surface area contributed by atoms with E-state index in [4.69, 9.17) is 10.2 Å². The number of hydrogen-bond donors (Lipinski definition) is 4. The summed E-state index contributed by atoms with van der Waals surface area (Å²) in [5, 5.41) is 22.8. The number of carbonyl (C=O) groups is 2. The molecule has 6 nitrogen and oxygen atoms in total. The van der Waals surface area contributed by atoms with E-state index in [-0.39, 0.29) is 18.0 Å². The van der Waals surface area contributed by atoms with Crippen LogP contribution in [-0.2, 0) is 11.2 Å². The van der Waals surface area contributed by atoms with Crippen LogP contribution in [0.3, 0.4) is 0 Å². The quantitative estimate of drug-likeness (QED) is 0.660. The van der Waals surface area contributed by atoms with Crippen molar-refractivity contribution in [2.75, 3.05) is 0 Å². The summed E-state index contributed by atoms with van der Waals surface area (Å²) in [7, 11) is 0. The van der Waals surface area contributed by atoms with Gasteiger partial charge >= 0.3 is 6.09 Å². The molecule has 8 heteroatoms. The Labute approximate surface area is 137 Å². The summed E-state index contributed by atoms with van der Waals surface area (Å²) in [4.78, 5) is 23.2. The zero-order chi connectivity index (χ0) is 17.7. The predicted molar refractivity (Wildman–Crippen MR) is 81.7 cm³/mol. The molecule has 132 valence electrons. The first-order valence-electron chi connectivity index (χ1n) is 7.83. The lowest BCUT2D eigenvalue weighted by Gasteiger charge is -2.25. The highest BCUT2D eigenvalue weighted by molar-refractivity contribution is 5.85. The van der Waals surface area contributed by atoms with Gasteiger partial charge in [0.25, 0.3) is 0 Å². The Bertz CT molecular complexity index is 595. The van der Waals surface area contributed by atoms with E-state index in [2.05, 4.69) is 10.6 Å². The molecule has 0 aliphatic heterocycles. The van der Waals surface area contributed by atoms with Gasteiger partial charge in [-0.15, -0.1) is 0 Å². The maximum Gasteiger partial charge on any atom is 0.405 e. The van der Waals surface area contributed by atoms with Crippen LogP contribution in [0.15, 0.2) is 12.1 Å². The smallest absolute Gasteiger partial charge is 0.405 e. The highest BCUT2D eigenvalue weighted by Gasteiger charge is 2.25. The number of benzene rings is 1. The summed E-state index contributed by atoms with van der Waals surface area (Å²) in [6, 6.07) is 0.566. The van der Waals surface area contributed by atoms with E-state index in [0.717, 1.165) is 44.2 Å². The van der Waals surface area contributed by atoms with Crippen molar-refractivity contribution in [1.29, 1.82) is 0 Å². The molecular weight excluding hydrogens is 322 g/mol. The Morgan fingerprint density at radius 3 is 2.29 bits per heavy atom. The van der Waals surface area contributed by atoms with Gasteiger partial charge in [-0.2, -0.15) is 0 Å². The number of carbonyl (C=O) groups excluding carboxylic acids is 1. The van der Waals surface area contributed by atoms with Crippen LogP contribution in [0.1, 0.15) is 37.7 Å². The molecular formula is C16H20F2N2O4. The number of carboxylic acid groups (broad SMARTS) is 1. The van der Waals surface area contributed by atoms with Crippen molar-refractivity contribution >= 4 is 12.0 Å². The van der Waals surface area contributed by atoms with Gasteiger partial charge in [0.1, 0.15) is 6.04 Å². The first kappa shape index (κ1) is 18.0. The topological polar surface area (TPSA) is 98.7 Å². The third kappa shape index (κ3) is 4.81. The van der Waals surface area contributed by atoms with E-state index in [1.165, 1.54) is 0 Å². The molecule has 0 radical (unpaired) electrons. The average molecular weight is 342 g/mol. The molecule has 1 aliphatic rings. The number of halogens is 2. The molecule has 0 heterocycles. The Morgan fingerprint density at radius 2 is 1.75 bits per heavy atom. The molecule has 1 aromatic carbocycles. The summed E-state index contributed by atoms with van der Waals surface area (Å²) in [5.74, 6) is -3.95. The van der Waals surface area contributed by atoms with E-state index in [0.29, 0.717) is 0 Å². The van der Waals surface area contributed by atoms with E-state index >= 15 is 0 Å². The van der Waals surface area contributed by atoms with Gasteiger partial charge in [0, 0.05) is 12.5 Å². The highest BCUT2D eigenvalue weighted by Crippen LogP contribution is 2.22. The summed E-state index contributed by atoms with van der Waals surface area (Å²) >= 11 is 0. The number of amides is 2. The number of phenols is 1. The lowest BCUT2D eigenvalue weighted by molar-refractivity contribution is -0.123. The highest BCUT2D eigenvalue weighted by atomic mass is 19.1. The lowest BCUT2D eigenvalue weighted by Crippen LogP contribution is -2.50. The van der Waals surface area contributed by atoms with Crippen molar-refractivity contribution < 1.29 is 28.6 Å². The largest absolute Gasteiger partial charge is 0.503 e. The minimum Gasteiger partial charge on any atom is -0.503 e. The Kier molecular flexibility index (Phi) is 5.94. The third-order valence-electron chi connectivity index (χ3n) is 4.08. The van der Waals surface area contributed by atoms with Crippen LogP contribution >= 0.6 is 0 Å². The summed E-state index contributed by atoms with van der Waals surface area (Å²) in [6.45, 7) is 0. The zero-order valence-corrected chi connectivity index (χ0v) is 13.0. The Hall–Kier alpha value is -2.38. The molecule has 0 unspecified atom stereocenters. The second-order valence-electron chi connectivity index (χ2n) is 5.96. The summed E-state index contributed by atoms with van der Waals surface area (Å²) < 4.78 is 26.8. The van der Waals surface area contributed by atoms with E-state index in [1.807, 2.05) is 0 Å². The van der Waals surface area contributed by atoms with Crippen molar-refractivity contribution in [3.63, 3.8) is 0 Å². The maximum absolute atomic E-state index is 13.4. The molecule has 0 bridgehead atoms. The van der Waals surface area contributed by atoms with Crippen LogP contribution in [0.2, 0.25) is 0 Å². The van der Waals surface area contributed by atoms with Crippen LogP contribution < -0.4 is 10.6 Å². The van der Waals surface area contributed by atoms with Gasteiger partial charge in [-0.1, -0.05) is 19.3 Å². The fourth-order valence-corrected chi connectivity index (χ4v) is 2.88. The summed E-state index contributed by atoms with van der Waals surface area (Å²) in [5.41, 5.74) is 0.0698. The van der Waals surface area contributed by atoms with Crippen LogP contribution in [0.5, 0.6) is 5.75 Å². The molecule has 0 spiro atoms. The molecule has 0 aromatic heterocycles. The lowest BCUT2D eigenvalue weighted by atomic mass is 9.95. The van der Waals surface area contributed by atoms with Crippen LogP contribution in [0.25, 0.3) is 0 Å². The minimum absolute atomic E-state index is 0.0161. The van der Waals surface area contributed by atoms with Crippen LogP contribution in [0, 0.1) is 11.6 Å². The fraction of sp³-hybridized carbons (Fsp3) is 0.500. The third-order valence-corrected chi connectivity index (χ3v) is 4.08. The van der Waals surface area contributed by atoms with Crippen molar-refractivity contribution in [3.8, 4) is 5.75 Å². The SMILES string of the molecule is O=C(O)N[C@H](Cc1cc(F)c(O)c(F)c1)C(=O)NC1CCCCC1. The van der Waals surface area contributed by atoms with Gasteiger partial charge in [0.2, 0.25) is 5.91 Å². The fourth-order valence-electron chi connectivity index (χ4n) is 2.88. The number of aromatic hydroxyl groups is 1. The molecule has 1 fully saturated rings. The van der Waals surface area contributed by atoms with Gasteiger partial charge in [0.05, 0.1) is 0 Å². The zero-order valence-electron chi connectivity index (χ0n) is 13.0. The maximum atomic E-state index is 13.4. The normalized spacial score (nSPS) is 16.4. The summed E-state index contributed by atoms with van der Waals surface area (Å²) in [6.07, 6.45) is 3.13. The molecule has 1 saturated carbocycles. The molecule has 0 saturated heterocycles. The van der Waals surface area contributed by atoms with Crippen LogP contribution in [0.4, 0.5) is 13.6 Å². The van der Waals surface area contributed by atoms with Gasteiger partial charge in [0.15, 0.2) is 17.4 Å². The second-order valence-corrected chi connectivity index (χ2v) is 5.96. The number of phenolic OH excluding ortho intramolecular Hbond substituents is 1. The van der Waals surface area contributed by atoms with Crippen molar-refractivity contribution in [2.24, 2.45) is 0 Å². The monoisotopic (exact) mass is 342 g/mol. The van der Waals surface area contributed by atoms with Gasteiger partial charge in [-0.25, -0.2) is 13.6 Å². The minimum atomic E-state index is -1.40. The number of nitrogens with one attached hydrogen (secondary N) is 2. The van der Waals surface area contributed by atoms with Crippen molar-refractivity contribution in [3.05, 3.63) is 29.3 Å². The average Bonchev–Trinajstić information content (AvgIpc) is 2.52. The second kappa shape index (κ2) is 7.94. The van der Waals surface area contributed by atoms with Gasteiger partial charge in [-0.3, -0.25) is 4.79 Å². The molecule has 1 atom stereocenters. The molecule has 2 rings (SSSR count). The van der Waals surface area contributed by atoms with E-state index < -0.39 is 35.4 Å². The van der Waals surface area contributed by atoms with Gasteiger partial charge in [-0.05, 0) is 30.5 Å². The molecule has 2 amide bonds. The van der Waals surface area contributed by atoms with E-state index in [9.17, 15) is 18.4 Å².